The number of oxazole rings is 1. The minimum absolute atomic E-state index is 0.157. The van der Waals surface area contributed by atoms with Crippen molar-refractivity contribution in [3.8, 4) is 0 Å². The molecule has 23 heavy (non-hydrogen) atoms. The average molecular weight is 311 g/mol. The fourth-order valence-electron chi connectivity index (χ4n) is 2.56. The molecule has 1 amide bonds. The zero-order valence-corrected chi connectivity index (χ0v) is 13.2. The van der Waals surface area contributed by atoms with Gasteiger partial charge >= 0.3 is 5.76 Å². The number of nitrogens with zero attached hydrogens (tertiary/aromatic N) is 2. The van der Waals surface area contributed by atoms with Gasteiger partial charge < -0.3 is 9.73 Å². The van der Waals surface area contributed by atoms with E-state index in [0.29, 0.717) is 16.9 Å². The second kappa shape index (κ2) is 5.72. The van der Waals surface area contributed by atoms with Crippen LogP contribution in [0.2, 0.25) is 0 Å². The number of benzene rings is 1. The number of rotatable bonds is 3. The summed E-state index contributed by atoms with van der Waals surface area (Å²) in [5.74, 6) is -0.0272. The van der Waals surface area contributed by atoms with Crippen molar-refractivity contribution in [3.05, 3.63) is 57.7 Å². The Morgan fingerprint density at radius 2 is 2.04 bits per heavy atom. The fraction of sp³-hybridized carbons (Fsp3) is 0.235. The molecule has 0 aliphatic carbocycles. The van der Waals surface area contributed by atoms with Crippen molar-refractivity contribution >= 4 is 22.8 Å². The van der Waals surface area contributed by atoms with Crippen molar-refractivity contribution in [3.63, 3.8) is 0 Å². The highest BCUT2D eigenvalue weighted by Crippen LogP contribution is 2.15. The molecule has 0 radical (unpaired) electrons. The van der Waals surface area contributed by atoms with Crippen molar-refractivity contribution in [2.75, 3.05) is 5.32 Å². The predicted octanol–water partition coefficient (Wildman–Crippen LogP) is 2.32. The molecule has 1 N–H and O–H groups in total. The summed E-state index contributed by atoms with van der Waals surface area (Å²) in [6.07, 6.45) is 0.198. The summed E-state index contributed by atoms with van der Waals surface area (Å²) in [6.45, 7) is 3.84. The molecule has 3 rings (SSSR count). The Morgan fingerprint density at radius 1 is 1.26 bits per heavy atom. The van der Waals surface area contributed by atoms with E-state index in [9.17, 15) is 9.59 Å². The van der Waals surface area contributed by atoms with Crippen LogP contribution in [-0.4, -0.2) is 15.5 Å². The van der Waals surface area contributed by atoms with Gasteiger partial charge in [0.2, 0.25) is 5.91 Å². The topological polar surface area (TPSA) is 77.1 Å². The predicted molar refractivity (Wildman–Crippen MR) is 87.5 cm³/mol. The zero-order chi connectivity index (χ0) is 16.6. The van der Waals surface area contributed by atoms with E-state index in [1.54, 1.807) is 25.2 Å². The number of pyridine rings is 1. The van der Waals surface area contributed by atoms with E-state index in [1.807, 2.05) is 26.0 Å². The molecule has 2 heterocycles. The summed E-state index contributed by atoms with van der Waals surface area (Å²) in [4.78, 5) is 28.0. The second-order valence-corrected chi connectivity index (χ2v) is 5.63. The number of hydrogen-bond acceptors (Lipinski definition) is 4. The van der Waals surface area contributed by atoms with Crippen LogP contribution in [-0.2, 0) is 18.3 Å². The molecule has 0 saturated heterocycles. The van der Waals surface area contributed by atoms with Crippen LogP contribution in [0, 0.1) is 13.8 Å². The van der Waals surface area contributed by atoms with Gasteiger partial charge in [0.05, 0.1) is 11.9 Å². The SMILES string of the molecule is Cc1cc(C)nc(NC(=O)Cc2ccc3oc(=O)n(C)c3c2)c1. The zero-order valence-electron chi connectivity index (χ0n) is 13.2. The van der Waals surface area contributed by atoms with Gasteiger partial charge in [0.1, 0.15) is 5.82 Å². The highest BCUT2D eigenvalue weighted by molar-refractivity contribution is 5.92. The van der Waals surface area contributed by atoms with E-state index in [4.69, 9.17) is 4.42 Å². The van der Waals surface area contributed by atoms with Crippen molar-refractivity contribution < 1.29 is 9.21 Å². The van der Waals surface area contributed by atoms with Gasteiger partial charge in [0, 0.05) is 12.7 Å². The monoisotopic (exact) mass is 311 g/mol. The average Bonchev–Trinajstić information content (AvgIpc) is 2.73. The molecule has 3 aromatic rings. The first kappa shape index (κ1) is 15.0. The van der Waals surface area contributed by atoms with E-state index in [1.165, 1.54) is 4.57 Å². The Bertz CT molecular complexity index is 933. The van der Waals surface area contributed by atoms with Crippen molar-refractivity contribution in [1.82, 2.24) is 9.55 Å². The van der Waals surface area contributed by atoms with Gasteiger partial charge in [-0.2, -0.15) is 0 Å². The number of carbonyl (C=O) groups excluding carboxylic acids is 1. The largest absolute Gasteiger partial charge is 0.419 e. The van der Waals surface area contributed by atoms with Gasteiger partial charge in [0.25, 0.3) is 0 Å². The molecule has 1 aromatic carbocycles. The summed E-state index contributed by atoms with van der Waals surface area (Å²) >= 11 is 0. The third-order valence-corrected chi connectivity index (χ3v) is 3.59. The summed E-state index contributed by atoms with van der Waals surface area (Å²) in [7, 11) is 1.64. The number of nitrogens with one attached hydrogen (secondary N) is 1. The number of aryl methyl sites for hydroxylation is 3. The maximum atomic E-state index is 12.2. The molecule has 0 saturated carbocycles. The lowest BCUT2D eigenvalue weighted by atomic mass is 10.1. The van der Waals surface area contributed by atoms with Crippen molar-refractivity contribution in [1.29, 1.82) is 0 Å². The lowest BCUT2D eigenvalue weighted by Gasteiger charge is -2.07. The molecule has 0 aliphatic rings. The van der Waals surface area contributed by atoms with Crippen molar-refractivity contribution in [2.24, 2.45) is 7.05 Å². The van der Waals surface area contributed by atoms with Crippen LogP contribution in [0.25, 0.3) is 11.1 Å². The number of carbonyl (C=O) groups is 1. The minimum Gasteiger partial charge on any atom is -0.408 e. The van der Waals surface area contributed by atoms with E-state index in [-0.39, 0.29) is 12.3 Å². The minimum atomic E-state index is -0.416. The molecule has 6 nitrogen and oxygen atoms in total. The Labute approximate surface area is 132 Å². The van der Waals surface area contributed by atoms with Gasteiger partial charge in [-0.3, -0.25) is 9.36 Å². The van der Waals surface area contributed by atoms with Crippen LogP contribution >= 0.6 is 0 Å². The number of anilines is 1. The maximum Gasteiger partial charge on any atom is 0.419 e. The molecule has 0 unspecified atom stereocenters. The van der Waals surface area contributed by atoms with Crippen LogP contribution in [0.15, 0.2) is 39.5 Å². The molecule has 118 valence electrons. The molecule has 0 atom stereocenters. The van der Waals surface area contributed by atoms with E-state index >= 15 is 0 Å². The second-order valence-electron chi connectivity index (χ2n) is 5.63. The van der Waals surface area contributed by atoms with Crippen molar-refractivity contribution in [2.45, 2.75) is 20.3 Å². The van der Waals surface area contributed by atoms with E-state index < -0.39 is 5.76 Å². The quantitative estimate of drug-likeness (QED) is 0.805. The summed E-state index contributed by atoms with van der Waals surface area (Å²) in [5, 5.41) is 2.80. The molecule has 0 bridgehead atoms. The van der Waals surface area contributed by atoms with Crippen LogP contribution in [0.4, 0.5) is 5.82 Å². The first-order chi connectivity index (χ1) is 10.9. The first-order valence-corrected chi connectivity index (χ1v) is 7.26. The third kappa shape index (κ3) is 3.15. The summed E-state index contributed by atoms with van der Waals surface area (Å²) < 4.78 is 6.50. The van der Waals surface area contributed by atoms with Crippen LogP contribution in [0.3, 0.4) is 0 Å². The Balaban J connectivity index is 1.79. The molecular formula is C17H17N3O3. The molecule has 6 heteroatoms. The smallest absolute Gasteiger partial charge is 0.408 e. The van der Waals surface area contributed by atoms with Crippen LogP contribution in [0.5, 0.6) is 0 Å². The van der Waals surface area contributed by atoms with E-state index in [2.05, 4.69) is 10.3 Å². The van der Waals surface area contributed by atoms with Crippen LogP contribution in [0.1, 0.15) is 16.8 Å². The van der Waals surface area contributed by atoms with Gasteiger partial charge in [-0.15, -0.1) is 0 Å². The molecule has 0 aliphatic heterocycles. The molecular weight excluding hydrogens is 294 g/mol. The van der Waals surface area contributed by atoms with Gasteiger partial charge in [0.15, 0.2) is 5.58 Å². The normalized spacial score (nSPS) is 10.9. The summed E-state index contributed by atoms with van der Waals surface area (Å²) in [5.41, 5.74) is 3.89. The molecule has 0 spiro atoms. The van der Waals surface area contributed by atoms with Gasteiger partial charge in [-0.25, -0.2) is 9.78 Å². The van der Waals surface area contributed by atoms with E-state index in [0.717, 1.165) is 16.8 Å². The maximum absolute atomic E-state index is 12.2. The molecule has 0 fully saturated rings. The number of aromatic nitrogens is 2. The molecule has 2 aromatic heterocycles. The number of amides is 1. The standard InChI is InChI=1S/C17H17N3O3/c1-10-6-11(2)18-15(7-10)19-16(21)9-12-4-5-14-13(8-12)20(3)17(22)23-14/h4-8H,9H2,1-3H3,(H,18,19,21). The highest BCUT2D eigenvalue weighted by Gasteiger charge is 2.10. The summed E-state index contributed by atoms with van der Waals surface area (Å²) in [6, 6.07) is 9.04. The Morgan fingerprint density at radius 3 is 2.78 bits per heavy atom. The number of hydrogen-bond donors (Lipinski definition) is 1. The van der Waals surface area contributed by atoms with Gasteiger partial charge in [-0.1, -0.05) is 6.07 Å². The lowest BCUT2D eigenvalue weighted by Crippen LogP contribution is -2.15. The lowest BCUT2D eigenvalue weighted by molar-refractivity contribution is -0.115. The Kier molecular flexibility index (Phi) is 3.73. The first-order valence-electron chi connectivity index (χ1n) is 7.26. The Hall–Kier alpha value is -2.89. The van der Waals surface area contributed by atoms with Crippen LogP contribution < -0.4 is 11.1 Å². The highest BCUT2D eigenvalue weighted by atomic mass is 16.4. The fourth-order valence-corrected chi connectivity index (χ4v) is 2.56. The van der Waals surface area contributed by atoms with Gasteiger partial charge in [-0.05, 0) is 49.2 Å². The number of fused-ring (bicyclic) bond motifs is 1. The third-order valence-electron chi connectivity index (χ3n) is 3.59.